The van der Waals surface area contributed by atoms with Crippen molar-refractivity contribution in [2.75, 3.05) is 0 Å². The molecule has 0 spiro atoms. The number of hydrogen-bond donors (Lipinski definition) is 1. The molecule has 150 valence electrons. The van der Waals surface area contributed by atoms with E-state index in [2.05, 4.69) is 29.6 Å². The van der Waals surface area contributed by atoms with Gasteiger partial charge in [0.1, 0.15) is 11.2 Å². The van der Waals surface area contributed by atoms with E-state index in [0.717, 1.165) is 36.2 Å². The second-order valence-corrected chi connectivity index (χ2v) is 8.42. The predicted molar refractivity (Wildman–Crippen MR) is 116 cm³/mol. The first-order chi connectivity index (χ1) is 14.0. The van der Waals surface area contributed by atoms with Gasteiger partial charge in [-0.05, 0) is 36.3 Å². The summed E-state index contributed by atoms with van der Waals surface area (Å²) in [7, 11) is 0. The Morgan fingerprint density at radius 1 is 1.03 bits per heavy atom. The molecule has 29 heavy (non-hydrogen) atoms. The van der Waals surface area contributed by atoms with Gasteiger partial charge in [-0.1, -0.05) is 74.5 Å². The highest BCUT2D eigenvalue weighted by atomic mass is 16.1. The van der Waals surface area contributed by atoms with Crippen molar-refractivity contribution >= 4 is 5.91 Å². The molecule has 1 unspecified atom stereocenters. The predicted octanol–water partition coefficient (Wildman–Crippen LogP) is 4.82. The summed E-state index contributed by atoms with van der Waals surface area (Å²) in [6.45, 7) is 4.35. The average molecular weight is 388 g/mol. The van der Waals surface area contributed by atoms with Gasteiger partial charge in [-0.3, -0.25) is 4.79 Å². The van der Waals surface area contributed by atoms with E-state index in [9.17, 15) is 4.79 Å². The number of benzene rings is 2. The normalized spacial score (nSPS) is 19.6. The van der Waals surface area contributed by atoms with Crippen molar-refractivity contribution in [3.8, 4) is 0 Å². The Balaban J connectivity index is 1.79. The molecule has 1 heterocycles. The van der Waals surface area contributed by atoms with Crippen LogP contribution >= 0.6 is 0 Å². The summed E-state index contributed by atoms with van der Waals surface area (Å²) in [6.07, 6.45) is 6.85. The summed E-state index contributed by atoms with van der Waals surface area (Å²) in [6, 6.07) is 20.5. The SMILES string of the molecule is CC(C)c1nccn1[C@H]1CCC(C(C(N)=O)(c2ccccc2)c2ccccc2)C1. The van der Waals surface area contributed by atoms with E-state index in [4.69, 9.17) is 5.73 Å². The Hall–Kier alpha value is -2.88. The van der Waals surface area contributed by atoms with E-state index in [1.165, 1.54) is 0 Å². The minimum Gasteiger partial charge on any atom is -0.369 e. The molecule has 2 N–H and O–H groups in total. The maximum Gasteiger partial charge on any atom is 0.232 e. The highest BCUT2D eigenvalue weighted by molar-refractivity contribution is 5.91. The van der Waals surface area contributed by atoms with Crippen LogP contribution in [0, 0.1) is 5.92 Å². The molecule has 1 amide bonds. The molecule has 2 aromatic carbocycles. The van der Waals surface area contributed by atoms with Crippen molar-refractivity contribution in [1.82, 2.24) is 9.55 Å². The van der Waals surface area contributed by atoms with E-state index in [1.807, 2.05) is 66.9 Å². The van der Waals surface area contributed by atoms with Crippen LogP contribution in [0.3, 0.4) is 0 Å². The molecular formula is C25H29N3O. The van der Waals surface area contributed by atoms with Crippen LogP contribution in [0.5, 0.6) is 0 Å². The maximum atomic E-state index is 13.2. The van der Waals surface area contributed by atoms with Crippen molar-refractivity contribution < 1.29 is 4.79 Å². The Kier molecular flexibility index (Phi) is 5.27. The average Bonchev–Trinajstić information content (AvgIpc) is 3.40. The van der Waals surface area contributed by atoms with Gasteiger partial charge in [-0.25, -0.2) is 4.98 Å². The van der Waals surface area contributed by atoms with Crippen LogP contribution in [0.25, 0.3) is 0 Å². The minimum atomic E-state index is -0.824. The van der Waals surface area contributed by atoms with Crippen molar-refractivity contribution in [2.45, 2.75) is 50.5 Å². The van der Waals surface area contributed by atoms with E-state index >= 15 is 0 Å². The highest BCUT2D eigenvalue weighted by Crippen LogP contribution is 2.50. The van der Waals surface area contributed by atoms with Crippen molar-refractivity contribution in [2.24, 2.45) is 11.7 Å². The Labute approximate surface area is 172 Å². The summed E-state index contributed by atoms with van der Waals surface area (Å²) in [5, 5.41) is 0. The van der Waals surface area contributed by atoms with Crippen molar-refractivity contribution in [1.29, 1.82) is 0 Å². The smallest absolute Gasteiger partial charge is 0.232 e. The second kappa shape index (κ2) is 7.86. The number of amides is 1. The monoisotopic (exact) mass is 387 g/mol. The number of imidazole rings is 1. The molecule has 4 heteroatoms. The number of carbonyl (C=O) groups is 1. The quantitative estimate of drug-likeness (QED) is 0.659. The van der Waals surface area contributed by atoms with Gasteiger partial charge in [0.05, 0.1) is 0 Å². The molecule has 0 bridgehead atoms. The Morgan fingerprint density at radius 2 is 1.62 bits per heavy atom. The van der Waals surface area contributed by atoms with E-state index < -0.39 is 5.41 Å². The molecule has 0 saturated heterocycles. The zero-order chi connectivity index (χ0) is 20.4. The number of nitrogens with zero attached hydrogens (tertiary/aromatic N) is 2. The minimum absolute atomic E-state index is 0.136. The van der Waals surface area contributed by atoms with Crippen LogP contribution in [0.15, 0.2) is 73.1 Å². The topological polar surface area (TPSA) is 60.9 Å². The second-order valence-electron chi connectivity index (χ2n) is 8.42. The van der Waals surface area contributed by atoms with E-state index in [-0.39, 0.29) is 11.8 Å². The molecule has 1 aliphatic carbocycles. The molecule has 1 saturated carbocycles. The summed E-state index contributed by atoms with van der Waals surface area (Å²) in [5.74, 6) is 1.35. The van der Waals surface area contributed by atoms with E-state index in [1.54, 1.807) is 0 Å². The van der Waals surface area contributed by atoms with Crippen LogP contribution in [-0.2, 0) is 10.2 Å². The third kappa shape index (κ3) is 3.27. The first-order valence-corrected chi connectivity index (χ1v) is 10.5. The van der Waals surface area contributed by atoms with Crippen LogP contribution < -0.4 is 5.73 Å². The lowest BCUT2D eigenvalue weighted by Gasteiger charge is -2.38. The summed E-state index contributed by atoms with van der Waals surface area (Å²) >= 11 is 0. The summed E-state index contributed by atoms with van der Waals surface area (Å²) < 4.78 is 2.31. The third-order valence-corrected chi connectivity index (χ3v) is 6.47. The lowest BCUT2D eigenvalue weighted by molar-refractivity contribution is -0.123. The van der Waals surface area contributed by atoms with Gasteiger partial charge in [-0.15, -0.1) is 0 Å². The van der Waals surface area contributed by atoms with Gasteiger partial charge in [0, 0.05) is 24.4 Å². The molecule has 4 rings (SSSR count). The molecule has 1 aliphatic rings. The van der Waals surface area contributed by atoms with Crippen molar-refractivity contribution in [3.63, 3.8) is 0 Å². The van der Waals surface area contributed by atoms with Crippen LogP contribution in [-0.4, -0.2) is 15.5 Å². The number of aromatic nitrogens is 2. The van der Waals surface area contributed by atoms with Crippen LogP contribution in [0.1, 0.15) is 62.0 Å². The molecule has 0 aliphatic heterocycles. The number of hydrogen-bond acceptors (Lipinski definition) is 2. The van der Waals surface area contributed by atoms with Gasteiger partial charge >= 0.3 is 0 Å². The fourth-order valence-electron chi connectivity index (χ4n) is 5.21. The number of primary amides is 1. The molecule has 1 aromatic heterocycles. The lowest BCUT2D eigenvalue weighted by Crippen LogP contribution is -2.47. The number of nitrogens with two attached hydrogens (primary N) is 1. The Morgan fingerprint density at radius 3 is 2.14 bits per heavy atom. The zero-order valence-corrected chi connectivity index (χ0v) is 17.2. The molecular weight excluding hydrogens is 358 g/mol. The van der Waals surface area contributed by atoms with Gasteiger partial charge < -0.3 is 10.3 Å². The van der Waals surface area contributed by atoms with Crippen LogP contribution in [0.2, 0.25) is 0 Å². The first-order valence-electron chi connectivity index (χ1n) is 10.5. The van der Waals surface area contributed by atoms with E-state index in [0.29, 0.717) is 12.0 Å². The zero-order valence-electron chi connectivity index (χ0n) is 17.2. The largest absolute Gasteiger partial charge is 0.369 e. The van der Waals surface area contributed by atoms with Crippen molar-refractivity contribution in [3.05, 3.63) is 90.0 Å². The lowest BCUT2D eigenvalue weighted by atomic mass is 9.64. The molecule has 4 nitrogen and oxygen atoms in total. The summed E-state index contributed by atoms with van der Waals surface area (Å²) in [5.41, 5.74) is 7.35. The molecule has 3 aromatic rings. The Bertz CT molecular complexity index is 923. The fourth-order valence-corrected chi connectivity index (χ4v) is 5.21. The summed E-state index contributed by atoms with van der Waals surface area (Å²) in [4.78, 5) is 17.8. The fraction of sp³-hybridized carbons (Fsp3) is 0.360. The number of carbonyl (C=O) groups excluding carboxylic acids is 1. The van der Waals surface area contributed by atoms with Gasteiger partial charge in [0.2, 0.25) is 5.91 Å². The molecule has 0 radical (unpaired) electrons. The molecule has 1 fully saturated rings. The highest BCUT2D eigenvalue weighted by Gasteiger charge is 2.50. The standard InChI is InChI=1S/C25H29N3O/c1-18(2)23-27-15-16-28(23)22-14-13-21(17-22)25(24(26)29,19-9-5-3-6-10-19)20-11-7-4-8-12-20/h3-12,15-16,18,21-22H,13-14,17H2,1-2H3,(H2,26,29)/t21?,22-/m0/s1. The maximum absolute atomic E-state index is 13.2. The number of rotatable bonds is 6. The first kappa shape index (κ1) is 19.4. The van der Waals surface area contributed by atoms with Crippen LogP contribution in [0.4, 0.5) is 0 Å². The van der Waals surface area contributed by atoms with Gasteiger partial charge in [0.25, 0.3) is 0 Å². The van der Waals surface area contributed by atoms with Gasteiger partial charge in [-0.2, -0.15) is 0 Å². The van der Waals surface area contributed by atoms with Gasteiger partial charge in [0.15, 0.2) is 0 Å². The molecule has 2 atom stereocenters. The third-order valence-electron chi connectivity index (χ3n) is 6.47.